The number of nitrogen functional groups attached to an aromatic ring is 1. The normalized spacial score (nSPS) is 10.7. The fraction of sp³-hybridized carbons (Fsp3) is 0. The van der Waals surface area contributed by atoms with E-state index in [1.54, 1.807) is 4.68 Å². The summed E-state index contributed by atoms with van der Waals surface area (Å²) in [5.41, 5.74) is 8.26. The Morgan fingerprint density at radius 1 is 1.05 bits per heavy atom. The van der Waals surface area contributed by atoms with E-state index >= 15 is 0 Å². The molecule has 0 atom stereocenters. The van der Waals surface area contributed by atoms with Crippen LogP contribution in [-0.4, -0.2) is 20.2 Å². The van der Waals surface area contributed by atoms with E-state index in [0.29, 0.717) is 11.5 Å². The number of para-hydroxylation sites is 1. The largest absolute Gasteiger partial charge is 0.398 e. The fourth-order valence-corrected chi connectivity index (χ4v) is 2.63. The van der Waals surface area contributed by atoms with Crippen LogP contribution in [0.2, 0.25) is 0 Å². The van der Waals surface area contributed by atoms with Crippen molar-refractivity contribution in [1.29, 1.82) is 0 Å². The molecule has 0 aliphatic heterocycles. The van der Waals surface area contributed by atoms with Gasteiger partial charge in [-0.2, -0.15) is 4.68 Å². The topological polar surface area (TPSA) is 69.6 Å². The number of benzene rings is 2. The van der Waals surface area contributed by atoms with E-state index in [1.807, 2.05) is 42.5 Å². The van der Waals surface area contributed by atoms with Crippen LogP contribution in [0, 0.1) is 0 Å². The Morgan fingerprint density at radius 2 is 1.85 bits per heavy atom. The predicted molar refractivity (Wildman–Crippen MR) is 84.4 cm³/mol. The minimum Gasteiger partial charge on any atom is -0.398 e. The summed E-state index contributed by atoms with van der Waals surface area (Å²) in [6.07, 6.45) is 0. The number of hydrogen-bond donors (Lipinski definition) is 1. The zero-order valence-corrected chi connectivity index (χ0v) is 13.3. The number of halogens is 2. The van der Waals surface area contributed by atoms with Crippen LogP contribution in [0.25, 0.3) is 17.1 Å². The highest BCUT2D eigenvalue weighted by Gasteiger charge is 2.15. The number of rotatable bonds is 2. The monoisotopic (exact) mass is 393 g/mol. The van der Waals surface area contributed by atoms with Crippen LogP contribution in [0.3, 0.4) is 0 Å². The molecule has 20 heavy (non-hydrogen) atoms. The van der Waals surface area contributed by atoms with E-state index in [4.69, 9.17) is 5.73 Å². The summed E-state index contributed by atoms with van der Waals surface area (Å²) in [7, 11) is 0. The third-order valence-corrected chi connectivity index (χ3v) is 3.97. The summed E-state index contributed by atoms with van der Waals surface area (Å²) in [5, 5.41) is 11.9. The van der Waals surface area contributed by atoms with Gasteiger partial charge in [-0.1, -0.05) is 28.1 Å². The van der Waals surface area contributed by atoms with Gasteiger partial charge in [0.15, 0.2) is 5.82 Å². The van der Waals surface area contributed by atoms with E-state index in [9.17, 15) is 0 Å². The molecule has 3 rings (SSSR count). The molecule has 1 aromatic heterocycles. The Hall–Kier alpha value is -1.73. The van der Waals surface area contributed by atoms with Crippen molar-refractivity contribution in [3.8, 4) is 17.1 Å². The number of nitrogens with zero attached hydrogens (tertiary/aromatic N) is 4. The van der Waals surface area contributed by atoms with Crippen molar-refractivity contribution in [2.24, 2.45) is 0 Å². The molecule has 5 nitrogen and oxygen atoms in total. The highest BCUT2D eigenvalue weighted by Crippen LogP contribution is 2.29. The van der Waals surface area contributed by atoms with Gasteiger partial charge in [0.25, 0.3) is 0 Å². The molecule has 7 heteroatoms. The average molecular weight is 395 g/mol. The first-order valence-electron chi connectivity index (χ1n) is 5.75. The average Bonchev–Trinajstić information content (AvgIpc) is 2.91. The molecule has 0 unspecified atom stereocenters. The Kier molecular flexibility index (Phi) is 3.54. The molecule has 0 radical (unpaired) electrons. The summed E-state index contributed by atoms with van der Waals surface area (Å²) < 4.78 is 3.49. The second-order valence-corrected chi connectivity index (χ2v) is 5.87. The number of anilines is 1. The molecule has 3 aromatic rings. The molecule has 100 valence electrons. The van der Waals surface area contributed by atoms with Crippen molar-refractivity contribution in [1.82, 2.24) is 20.2 Å². The fourth-order valence-electron chi connectivity index (χ4n) is 1.87. The Morgan fingerprint density at radius 3 is 2.65 bits per heavy atom. The van der Waals surface area contributed by atoms with Gasteiger partial charge >= 0.3 is 0 Å². The van der Waals surface area contributed by atoms with Crippen LogP contribution < -0.4 is 5.73 Å². The lowest BCUT2D eigenvalue weighted by molar-refractivity contribution is 0.788. The van der Waals surface area contributed by atoms with Crippen molar-refractivity contribution >= 4 is 37.5 Å². The van der Waals surface area contributed by atoms with Gasteiger partial charge in [-0.25, -0.2) is 0 Å². The molecule has 0 spiro atoms. The van der Waals surface area contributed by atoms with Gasteiger partial charge in [0.05, 0.1) is 5.69 Å². The third-order valence-electron chi connectivity index (χ3n) is 2.81. The van der Waals surface area contributed by atoms with Crippen LogP contribution >= 0.6 is 31.9 Å². The van der Waals surface area contributed by atoms with Gasteiger partial charge < -0.3 is 5.73 Å². The van der Waals surface area contributed by atoms with E-state index in [2.05, 4.69) is 47.4 Å². The highest BCUT2D eigenvalue weighted by molar-refractivity contribution is 9.11. The first-order valence-corrected chi connectivity index (χ1v) is 7.34. The van der Waals surface area contributed by atoms with Crippen LogP contribution in [0.1, 0.15) is 0 Å². The molecular formula is C13H9Br2N5. The maximum atomic E-state index is 6.00. The SMILES string of the molecule is Nc1ccccc1-c1nnnn1-c1cc(Br)ccc1Br. The van der Waals surface area contributed by atoms with Crippen molar-refractivity contribution in [3.05, 3.63) is 51.4 Å². The molecule has 2 aromatic carbocycles. The summed E-state index contributed by atoms with van der Waals surface area (Å²) in [5.74, 6) is 0.599. The highest BCUT2D eigenvalue weighted by atomic mass is 79.9. The van der Waals surface area contributed by atoms with Crippen LogP contribution in [0.5, 0.6) is 0 Å². The predicted octanol–water partition coefficient (Wildman–Crippen LogP) is 3.44. The number of hydrogen-bond acceptors (Lipinski definition) is 4. The van der Waals surface area contributed by atoms with Gasteiger partial charge in [-0.3, -0.25) is 0 Å². The molecule has 2 N–H and O–H groups in total. The quantitative estimate of drug-likeness (QED) is 0.676. The molecule has 0 amide bonds. The molecule has 0 saturated heterocycles. The molecule has 0 bridgehead atoms. The summed E-state index contributed by atoms with van der Waals surface area (Å²) in [4.78, 5) is 0. The first-order chi connectivity index (χ1) is 9.66. The minimum atomic E-state index is 0.599. The van der Waals surface area contributed by atoms with Gasteiger partial charge in [0, 0.05) is 20.2 Å². The van der Waals surface area contributed by atoms with Crippen LogP contribution in [0.15, 0.2) is 51.4 Å². The lowest BCUT2D eigenvalue weighted by Crippen LogP contribution is -2.02. The maximum absolute atomic E-state index is 6.00. The van der Waals surface area contributed by atoms with E-state index in [-0.39, 0.29) is 0 Å². The van der Waals surface area contributed by atoms with E-state index in [0.717, 1.165) is 20.2 Å². The van der Waals surface area contributed by atoms with Crippen molar-refractivity contribution < 1.29 is 0 Å². The number of tetrazole rings is 1. The minimum absolute atomic E-state index is 0.599. The smallest absolute Gasteiger partial charge is 0.189 e. The Bertz CT molecular complexity index is 769. The molecule has 0 fully saturated rings. The van der Waals surface area contributed by atoms with Crippen LogP contribution in [0.4, 0.5) is 5.69 Å². The van der Waals surface area contributed by atoms with Gasteiger partial charge in [0.2, 0.25) is 0 Å². The lowest BCUT2D eigenvalue weighted by Gasteiger charge is -2.08. The number of aromatic nitrogens is 4. The summed E-state index contributed by atoms with van der Waals surface area (Å²) in [6.45, 7) is 0. The van der Waals surface area contributed by atoms with E-state index in [1.165, 1.54) is 0 Å². The van der Waals surface area contributed by atoms with Gasteiger partial charge in [-0.05, 0) is 56.7 Å². The van der Waals surface area contributed by atoms with Crippen LogP contribution in [-0.2, 0) is 0 Å². The second kappa shape index (κ2) is 5.34. The van der Waals surface area contributed by atoms with E-state index < -0.39 is 0 Å². The van der Waals surface area contributed by atoms with Crippen molar-refractivity contribution in [2.45, 2.75) is 0 Å². The zero-order chi connectivity index (χ0) is 14.1. The standard InChI is InChI=1S/C13H9Br2N5/c14-8-5-6-10(15)12(7-8)20-13(17-18-19-20)9-3-1-2-4-11(9)16/h1-7H,16H2. The van der Waals surface area contributed by atoms with Gasteiger partial charge in [-0.15, -0.1) is 5.10 Å². The lowest BCUT2D eigenvalue weighted by atomic mass is 10.1. The van der Waals surface area contributed by atoms with Crippen molar-refractivity contribution in [3.63, 3.8) is 0 Å². The summed E-state index contributed by atoms with van der Waals surface area (Å²) in [6, 6.07) is 13.3. The first kappa shape index (κ1) is 13.3. The maximum Gasteiger partial charge on any atom is 0.189 e. The second-order valence-electron chi connectivity index (χ2n) is 4.10. The third kappa shape index (κ3) is 2.34. The molecule has 0 aliphatic carbocycles. The molecule has 0 aliphatic rings. The number of nitrogens with two attached hydrogens (primary N) is 1. The zero-order valence-electron chi connectivity index (χ0n) is 10.2. The Balaban J connectivity index is 2.21. The molecule has 1 heterocycles. The Labute approximate surface area is 132 Å². The van der Waals surface area contributed by atoms with Crippen molar-refractivity contribution in [2.75, 3.05) is 5.73 Å². The molecular weight excluding hydrogens is 386 g/mol. The summed E-state index contributed by atoms with van der Waals surface area (Å²) >= 11 is 6.96. The van der Waals surface area contributed by atoms with Gasteiger partial charge in [0.1, 0.15) is 0 Å². The molecule has 0 saturated carbocycles.